The monoisotopic (exact) mass is 378 g/mol. The Bertz CT molecular complexity index is 848. The number of nitrogens with zero attached hydrogens (tertiary/aromatic N) is 6. The molecule has 26 heavy (non-hydrogen) atoms. The van der Waals surface area contributed by atoms with Crippen LogP contribution in [0.4, 0.5) is 0 Å². The molecule has 0 radical (unpaired) electrons. The van der Waals surface area contributed by atoms with Crippen LogP contribution in [0.5, 0.6) is 0 Å². The average molecular weight is 379 g/mol. The lowest BCUT2D eigenvalue weighted by Crippen LogP contribution is -2.45. The van der Waals surface area contributed by atoms with Crippen LogP contribution in [0.3, 0.4) is 0 Å². The molecule has 1 fully saturated rings. The van der Waals surface area contributed by atoms with Gasteiger partial charge in [-0.05, 0) is 32.1 Å². The smallest absolute Gasteiger partial charge is 0.272 e. The normalized spacial score (nSPS) is 19.2. The van der Waals surface area contributed by atoms with E-state index in [1.54, 1.807) is 37.0 Å². The van der Waals surface area contributed by atoms with Gasteiger partial charge in [-0.3, -0.25) is 9.67 Å². The highest BCUT2D eigenvalue weighted by Crippen LogP contribution is 2.24. The van der Waals surface area contributed by atoms with Crippen LogP contribution in [0.15, 0.2) is 24.8 Å². The molecule has 9 heteroatoms. The van der Waals surface area contributed by atoms with Crippen molar-refractivity contribution in [1.29, 1.82) is 0 Å². The van der Waals surface area contributed by atoms with E-state index in [9.17, 15) is 8.42 Å². The Hall–Kier alpha value is -1.84. The Morgan fingerprint density at radius 1 is 1.27 bits per heavy atom. The molecule has 3 rings (SSSR count). The summed E-state index contributed by atoms with van der Waals surface area (Å²) >= 11 is 0. The third-order valence-corrected chi connectivity index (χ3v) is 6.61. The van der Waals surface area contributed by atoms with Crippen molar-refractivity contribution in [1.82, 2.24) is 28.4 Å². The minimum atomic E-state index is -3.36. The van der Waals surface area contributed by atoms with Gasteiger partial charge < -0.3 is 0 Å². The molecule has 3 heterocycles. The van der Waals surface area contributed by atoms with Crippen LogP contribution in [0.1, 0.15) is 25.5 Å². The molecule has 1 aliphatic heterocycles. The molecule has 0 aromatic carbocycles. The Kier molecular flexibility index (Phi) is 5.69. The number of hydrogen-bond donors (Lipinski definition) is 0. The summed E-state index contributed by atoms with van der Waals surface area (Å²) in [6.07, 6.45) is 9.86. The maximum absolute atomic E-state index is 12.4. The van der Waals surface area contributed by atoms with E-state index in [0.717, 1.165) is 42.8 Å². The van der Waals surface area contributed by atoms with Crippen molar-refractivity contribution in [3.05, 3.63) is 30.5 Å². The van der Waals surface area contributed by atoms with Gasteiger partial charge in [0.2, 0.25) is 0 Å². The molecule has 2 aromatic heterocycles. The third kappa shape index (κ3) is 4.11. The first-order chi connectivity index (χ1) is 12.4. The SMILES string of the molecule is CCn1cc(-c2cncc(C[C@@H]3CCCN(S(=O)(=O)N(C)C)C3)n2)cn1. The van der Waals surface area contributed by atoms with Crippen molar-refractivity contribution in [2.45, 2.75) is 32.7 Å². The van der Waals surface area contributed by atoms with Crippen LogP contribution in [0.2, 0.25) is 0 Å². The highest BCUT2D eigenvalue weighted by Gasteiger charge is 2.30. The summed E-state index contributed by atoms with van der Waals surface area (Å²) in [5.41, 5.74) is 2.64. The number of aryl methyl sites for hydroxylation is 1. The fourth-order valence-electron chi connectivity index (χ4n) is 3.24. The maximum Gasteiger partial charge on any atom is 0.281 e. The maximum atomic E-state index is 12.4. The van der Waals surface area contributed by atoms with Gasteiger partial charge in [-0.25, -0.2) is 4.98 Å². The van der Waals surface area contributed by atoms with E-state index < -0.39 is 10.2 Å². The molecule has 0 spiro atoms. The number of rotatable bonds is 6. The van der Waals surface area contributed by atoms with Crippen molar-refractivity contribution < 1.29 is 8.42 Å². The van der Waals surface area contributed by atoms with Crippen LogP contribution in [-0.4, -0.2) is 64.0 Å². The minimum Gasteiger partial charge on any atom is -0.272 e. The largest absolute Gasteiger partial charge is 0.281 e. The Morgan fingerprint density at radius 3 is 2.77 bits per heavy atom. The molecule has 0 aliphatic carbocycles. The molecule has 1 aliphatic rings. The molecule has 0 saturated carbocycles. The van der Waals surface area contributed by atoms with Crippen molar-refractivity contribution >= 4 is 10.2 Å². The first kappa shape index (κ1) is 18.9. The molecule has 8 nitrogen and oxygen atoms in total. The van der Waals surface area contributed by atoms with Crippen LogP contribution in [0, 0.1) is 5.92 Å². The standard InChI is InChI=1S/C17H26N6O2S/c1-4-22-13-15(9-19-22)17-11-18-10-16(20-17)8-14-6-5-7-23(12-14)26(24,25)21(2)3/h9-11,13-14H,4-8,12H2,1-3H3/t14-/m0/s1. The summed E-state index contributed by atoms with van der Waals surface area (Å²) in [5, 5.41) is 4.28. The fourth-order valence-corrected chi connectivity index (χ4v) is 4.46. The van der Waals surface area contributed by atoms with E-state index in [0.29, 0.717) is 13.1 Å². The number of piperidine rings is 1. The van der Waals surface area contributed by atoms with Crippen LogP contribution >= 0.6 is 0 Å². The zero-order valence-corrected chi connectivity index (χ0v) is 16.4. The number of aromatic nitrogens is 4. The quantitative estimate of drug-likeness (QED) is 0.759. The van der Waals surface area contributed by atoms with Crippen molar-refractivity contribution in [2.75, 3.05) is 27.2 Å². The second-order valence-electron chi connectivity index (χ2n) is 6.84. The highest BCUT2D eigenvalue weighted by atomic mass is 32.2. The molecule has 1 atom stereocenters. The lowest BCUT2D eigenvalue weighted by molar-refractivity contribution is 0.253. The number of hydrogen-bond acceptors (Lipinski definition) is 5. The molecule has 0 unspecified atom stereocenters. The van der Waals surface area contributed by atoms with E-state index in [2.05, 4.69) is 10.1 Å². The van der Waals surface area contributed by atoms with Crippen molar-refractivity contribution in [3.8, 4) is 11.3 Å². The summed E-state index contributed by atoms with van der Waals surface area (Å²) in [7, 11) is -0.209. The van der Waals surface area contributed by atoms with Gasteiger partial charge in [0, 0.05) is 51.7 Å². The minimum absolute atomic E-state index is 0.251. The summed E-state index contributed by atoms with van der Waals surface area (Å²) in [6, 6.07) is 0. The van der Waals surface area contributed by atoms with E-state index in [1.165, 1.54) is 4.31 Å². The summed E-state index contributed by atoms with van der Waals surface area (Å²) in [4.78, 5) is 9.03. The molecule has 0 bridgehead atoms. The lowest BCUT2D eigenvalue weighted by atomic mass is 9.95. The predicted octanol–water partition coefficient (Wildman–Crippen LogP) is 1.42. The molecule has 142 valence electrons. The average Bonchev–Trinajstić information content (AvgIpc) is 3.11. The molecular weight excluding hydrogens is 352 g/mol. The van der Waals surface area contributed by atoms with Gasteiger partial charge in [-0.1, -0.05) is 0 Å². The van der Waals surface area contributed by atoms with E-state index in [1.807, 2.05) is 17.8 Å². The van der Waals surface area contributed by atoms with E-state index >= 15 is 0 Å². The van der Waals surface area contributed by atoms with Crippen molar-refractivity contribution in [3.63, 3.8) is 0 Å². The molecule has 0 N–H and O–H groups in total. The molecule has 0 amide bonds. The van der Waals surface area contributed by atoms with Gasteiger partial charge in [-0.15, -0.1) is 0 Å². The topological polar surface area (TPSA) is 84.2 Å². The first-order valence-corrected chi connectivity index (χ1v) is 10.3. The first-order valence-electron chi connectivity index (χ1n) is 8.91. The summed E-state index contributed by atoms with van der Waals surface area (Å²) < 4.78 is 29.4. The Labute approximate surface area is 155 Å². The highest BCUT2D eigenvalue weighted by molar-refractivity contribution is 7.86. The van der Waals surface area contributed by atoms with Gasteiger partial charge in [-0.2, -0.15) is 22.1 Å². The predicted molar refractivity (Wildman–Crippen MR) is 99.5 cm³/mol. The second-order valence-corrected chi connectivity index (χ2v) is 8.98. The zero-order chi connectivity index (χ0) is 18.7. The second kappa shape index (κ2) is 7.81. The zero-order valence-electron chi connectivity index (χ0n) is 15.5. The van der Waals surface area contributed by atoms with Crippen LogP contribution in [0.25, 0.3) is 11.3 Å². The van der Waals surface area contributed by atoms with E-state index in [-0.39, 0.29) is 5.92 Å². The summed E-state index contributed by atoms with van der Waals surface area (Å²) in [6.45, 7) is 3.96. The molecular formula is C17H26N6O2S. The van der Waals surface area contributed by atoms with Crippen molar-refractivity contribution in [2.24, 2.45) is 5.92 Å². The fraction of sp³-hybridized carbons (Fsp3) is 0.588. The van der Waals surface area contributed by atoms with Gasteiger partial charge >= 0.3 is 0 Å². The van der Waals surface area contributed by atoms with Gasteiger partial charge in [0.15, 0.2) is 0 Å². The third-order valence-electron chi connectivity index (χ3n) is 4.70. The summed E-state index contributed by atoms with van der Waals surface area (Å²) in [5.74, 6) is 0.251. The Morgan fingerprint density at radius 2 is 2.08 bits per heavy atom. The lowest BCUT2D eigenvalue weighted by Gasteiger charge is -2.33. The molecule has 2 aromatic rings. The van der Waals surface area contributed by atoms with Gasteiger partial charge in [0.05, 0.1) is 23.8 Å². The van der Waals surface area contributed by atoms with Gasteiger partial charge in [0.1, 0.15) is 0 Å². The molecule has 1 saturated heterocycles. The van der Waals surface area contributed by atoms with Crippen LogP contribution < -0.4 is 0 Å². The van der Waals surface area contributed by atoms with E-state index in [4.69, 9.17) is 4.98 Å². The Balaban J connectivity index is 1.72. The van der Waals surface area contributed by atoms with Crippen LogP contribution in [-0.2, 0) is 23.2 Å². The van der Waals surface area contributed by atoms with Gasteiger partial charge in [0.25, 0.3) is 10.2 Å².